The van der Waals surface area contributed by atoms with Gasteiger partial charge in [0.15, 0.2) is 0 Å². The Kier molecular flexibility index (Phi) is 5.69. The Morgan fingerprint density at radius 1 is 1.31 bits per heavy atom. The third kappa shape index (κ3) is 4.04. The topological polar surface area (TPSA) is 79.7 Å². The summed E-state index contributed by atoms with van der Waals surface area (Å²) in [6.45, 7) is 11.1. The van der Waals surface area contributed by atoms with Crippen molar-refractivity contribution in [3.63, 3.8) is 0 Å². The fourth-order valence-electron chi connectivity index (χ4n) is 2.59. The third-order valence-electron chi connectivity index (χ3n) is 3.53. The SMILES string of the molecule is C=Cc1c(CC(=O)OCC)c2nc(OC)ccc2n1C(=O)OC(C)(C)C. The lowest BCUT2D eigenvalue weighted by molar-refractivity contribution is -0.142. The highest BCUT2D eigenvalue weighted by molar-refractivity contribution is 5.96. The summed E-state index contributed by atoms with van der Waals surface area (Å²) < 4.78 is 17.1. The van der Waals surface area contributed by atoms with Crippen molar-refractivity contribution in [2.24, 2.45) is 0 Å². The van der Waals surface area contributed by atoms with E-state index in [2.05, 4.69) is 11.6 Å². The summed E-state index contributed by atoms with van der Waals surface area (Å²) in [4.78, 5) is 29.2. The molecule has 0 radical (unpaired) electrons. The van der Waals surface area contributed by atoms with Crippen LogP contribution in [0.15, 0.2) is 18.7 Å². The first-order chi connectivity index (χ1) is 12.2. The molecule has 0 aliphatic rings. The zero-order chi connectivity index (χ0) is 19.5. The number of hydrogen-bond acceptors (Lipinski definition) is 6. The van der Waals surface area contributed by atoms with E-state index in [4.69, 9.17) is 14.2 Å². The summed E-state index contributed by atoms with van der Waals surface area (Å²) in [7, 11) is 1.50. The lowest BCUT2D eigenvalue weighted by Crippen LogP contribution is -2.27. The number of fused-ring (bicyclic) bond motifs is 1. The second-order valence-corrected chi connectivity index (χ2v) is 6.59. The largest absolute Gasteiger partial charge is 0.481 e. The van der Waals surface area contributed by atoms with Crippen LogP contribution in [0.3, 0.4) is 0 Å². The number of methoxy groups -OCH3 is 1. The molecule has 0 aromatic carbocycles. The minimum Gasteiger partial charge on any atom is -0.481 e. The smallest absolute Gasteiger partial charge is 0.419 e. The van der Waals surface area contributed by atoms with Gasteiger partial charge in [-0.3, -0.25) is 4.79 Å². The standard InChI is InChI=1S/C19H24N2O5/c1-7-13-12(11-16(22)25-8-2)17-14(9-10-15(20-17)24-6)21(13)18(23)26-19(3,4)5/h7,9-10H,1,8,11H2,2-6H3. The van der Waals surface area contributed by atoms with Crippen LogP contribution in [0.25, 0.3) is 17.1 Å². The normalized spacial score (nSPS) is 11.3. The highest BCUT2D eigenvalue weighted by Gasteiger charge is 2.26. The summed E-state index contributed by atoms with van der Waals surface area (Å²) in [5.41, 5.74) is 1.29. The zero-order valence-corrected chi connectivity index (χ0v) is 15.8. The molecule has 2 aromatic rings. The molecule has 0 fully saturated rings. The Hall–Kier alpha value is -2.83. The van der Waals surface area contributed by atoms with E-state index in [0.717, 1.165) is 0 Å². The van der Waals surface area contributed by atoms with Gasteiger partial charge in [0, 0.05) is 11.6 Å². The van der Waals surface area contributed by atoms with Crippen LogP contribution < -0.4 is 4.74 Å². The molecule has 0 bridgehead atoms. The maximum Gasteiger partial charge on any atom is 0.419 e. The Balaban J connectivity index is 2.69. The quantitative estimate of drug-likeness (QED) is 0.758. The van der Waals surface area contributed by atoms with E-state index in [9.17, 15) is 9.59 Å². The van der Waals surface area contributed by atoms with Crippen molar-refractivity contribution in [1.29, 1.82) is 0 Å². The van der Waals surface area contributed by atoms with Crippen molar-refractivity contribution < 1.29 is 23.8 Å². The number of esters is 1. The highest BCUT2D eigenvalue weighted by atomic mass is 16.6. The summed E-state index contributed by atoms with van der Waals surface area (Å²) >= 11 is 0. The molecular weight excluding hydrogens is 336 g/mol. The predicted octanol–water partition coefficient (Wildman–Crippen LogP) is 3.58. The van der Waals surface area contributed by atoms with Crippen LogP contribution in [0.1, 0.15) is 39.0 Å². The van der Waals surface area contributed by atoms with E-state index in [1.54, 1.807) is 39.8 Å². The highest BCUT2D eigenvalue weighted by Crippen LogP contribution is 2.29. The van der Waals surface area contributed by atoms with Crippen molar-refractivity contribution in [1.82, 2.24) is 9.55 Å². The van der Waals surface area contributed by atoms with E-state index >= 15 is 0 Å². The van der Waals surface area contributed by atoms with E-state index in [0.29, 0.717) is 28.2 Å². The number of nitrogens with zero attached hydrogens (tertiary/aromatic N) is 2. The molecule has 2 heterocycles. The molecule has 140 valence electrons. The first kappa shape index (κ1) is 19.5. The number of ether oxygens (including phenoxy) is 3. The fourth-order valence-corrected chi connectivity index (χ4v) is 2.59. The molecule has 26 heavy (non-hydrogen) atoms. The van der Waals surface area contributed by atoms with Crippen molar-refractivity contribution in [3.8, 4) is 5.88 Å². The van der Waals surface area contributed by atoms with E-state index in [-0.39, 0.29) is 13.0 Å². The monoisotopic (exact) mass is 360 g/mol. The third-order valence-corrected chi connectivity index (χ3v) is 3.53. The first-order valence-electron chi connectivity index (χ1n) is 8.31. The van der Waals surface area contributed by atoms with Crippen LogP contribution >= 0.6 is 0 Å². The number of hydrogen-bond donors (Lipinski definition) is 0. The van der Waals surface area contributed by atoms with Gasteiger partial charge >= 0.3 is 12.1 Å². The van der Waals surface area contributed by atoms with E-state index in [1.165, 1.54) is 17.8 Å². The van der Waals surface area contributed by atoms with Gasteiger partial charge in [0.25, 0.3) is 0 Å². The molecular formula is C19H24N2O5. The van der Waals surface area contributed by atoms with E-state index in [1.807, 2.05) is 0 Å². The van der Waals surface area contributed by atoms with Crippen molar-refractivity contribution in [2.75, 3.05) is 13.7 Å². The van der Waals surface area contributed by atoms with Gasteiger partial charge in [-0.25, -0.2) is 14.3 Å². The lowest BCUT2D eigenvalue weighted by atomic mass is 10.1. The van der Waals surface area contributed by atoms with Crippen LogP contribution in [0.5, 0.6) is 5.88 Å². The van der Waals surface area contributed by atoms with Crippen LogP contribution in [0, 0.1) is 0 Å². The number of carbonyl (C=O) groups excluding carboxylic acids is 2. The molecule has 0 amide bonds. The molecule has 7 heteroatoms. The van der Waals surface area contributed by atoms with Gasteiger partial charge in [0.1, 0.15) is 5.60 Å². The summed E-state index contributed by atoms with van der Waals surface area (Å²) in [5, 5.41) is 0. The molecule has 7 nitrogen and oxygen atoms in total. The maximum absolute atomic E-state index is 12.8. The number of rotatable bonds is 5. The zero-order valence-electron chi connectivity index (χ0n) is 15.8. The minimum atomic E-state index is -0.673. The molecule has 2 aromatic heterocycles. The molecule has 0 aliphatic carbocycles. The predicted molar refractivity (Wildman–Crippen MR) is 98.3 cm³/mol. The van der Waals surface area contributed by atoms with Crippen LogP contribution in [0.4, 0.5) is 4.79 Å². The molecule has 0 saturated carbocycles. The average Bonchev–Trinajstić information content (AvgIpc) is 2.86. The van der Waals surface area contributed by atoms with Gasteiger partial charge in [-0.1, -0.05) is 6.58 Å². The van der Waals surface area contributed by atoms with Crippen LogP contribution in [-0.4, -0.2) is 40.9 Å². The molecule has 0 aliphatic heterocycles. The molecule has 0 saturated heterocycles. The molecule has 2 rings (SSSR count). The Morgan fingerprint density at radius 2 is 2.00 bits per heavy atom. The Labute approximate surface area is 152 Å². The van der Waals surface area contributed by atoms with Crippen molar-refractivity contribution in [2.45, 2.75) is 39.7 Å². The van der Waals surface area contributed by atoms with E-state index < -0.39 is 17.7 Å². The van der Waals surface area contributed by atoms with Crippen LogP contribution in [-0.2, 0) is 20.7 Å². The molecule has 0 spiro atoms. The second-order valence-electron chi connectivity index (χ2n) is 6.59. The van der Waals surface area contributed by atoms with Gasteiger partial charge in [-0.15, -0.1) is 0 Å². The minimum absolute atomic E-state index is 0.0400. The lowest BCUT2D eigenvalue weighted by Gasteiger charge is -2.20. The van der Waals surface area contributed by atoms with Crippen molar-refractivity contribution >= 4 is 29.2 Å². The van der Waals surface area contributed by atoms with Gasteiger partial charge in [-0.2, -0.15) is 0 Å². The molecule has 0 atom stereocenters. The molecule has 0 unspecified atom stereocenters. The van der Waals surface area contributed by atoms with Gasteiger partial charge < -0.3 is 14.2 Å². The molecule has 0 N–H and O–H groups in total. The van der Waals surface area contributed by atoms with Crippen LogP contribution in [0.2, 0.25) is 0 Å². The average molecular weight is 360 g/mol. The van der Waals surface area contributed by atoms with Gasteiger partial charge in [-0.05, 0) is 39.8 Å². The summed E-state index contributed by atoms with van der Waals surface area (Å²) in [5.74, 6) is -0.0389. The fraction of sp³-hybridized carbons (Fsp3) is 0.421. The van der Waals surface area contributed by atoms with Gasteiger partial charge in [0.2, 0.25) is 5.88 Å². The van der Waals surface area contributed by atoms with Crippen molar-refractivity contribution in [3.05, 3.63) is 30.0 Å². The first-order valence-corrected chi connectivity index (χ1v) is 8.31. The Bertz CT molecular complexity index is 846. The Morgan fingerprint density at radius 3 is 2.54 bits per heavy atom. The number of carbonyl (C=O) groups is 2. The summed E-state index contributed by atoms with van der Waals surface area (Å²) in [6.07, 6.45) is 0.897. The summed E-state index contributed by atoms with van der Waals surface area (Å²) in [6, 6.07) is 3.34. The number of aromatic nitrogens is 2. The number of pyridine rings is 1. The second kappa shape index (κ2) is 7.59. The maximum atomic E-state index is 12.8. The van der Waals surface area contributed by atoms with Gasteiger partial charge in [0.05, 0.1) is 36.9 Å².